The standard InChI is InChI=1S/C21H17N3OS/c25-20-16-12-18(15-7-2-1-3-8-15)26-21(16)23-19(22-20)13-24-11-10-14-6-4-5-9-17(14)24/h1-9,12H,10-11,13H2,(H,22,23,25). The molecule has 0 aliphatic carbocycles. The van der Waals surface area contributed by atoms with Gasteiger partial charge in [0.2, 0.25) is 0 Å². The molecule has 0 spiro atoms. The average molecular weight is 359 g/mol. The van der Waals surface area contributed by atoms with Gasteiger partial charge in [-0.3, -0.25) is 4.79 Å². The summed E-state index contributed by atoms with van der Waals surface area (Å²) in [5.74, 6) is 0.723. The Balaban J connectivity index is 1.51. The van der Waals surface area contributed by atoms with Gasteiger partial charge in [0.05, 0.1) is 11.9 Å². The van der Waals surface area contributed by atoms with E-state index in [1.165, 1.54) is 11.3 Å². The zero-order chi connectivity index (χ0) is 17.5. The summed E-state index contributed by atoms with van der Waals surface area (Å²) < 4.78 is 0. The summed E-state index contributed by atoms with van der Waals surface area (Å²) in [6.45, 7) is 1.58. The number of anilines is 1. The molecule has 5 heteroatoms. The number of para-hydroxylation sites is 1. The van der Waals surface area contributed by atoms with Crippen LogP contribution < -0.4 is 10.5 Å². The van der Waals surface area contributed by atoms with E-state index >= 15 is 0 Å². The van der Waals surface area contributed by atoms with Gasteiger partial charge in [-0.05, 0) is 29.7 Å². The van der Waals surface area contributed by atoms with Gasteiger partial charge in [-0.15, -0.1) is 11.3 Å². The lowest BCUT2D eigenvalue weighted by molar-refractivity contribution is 0.788. The molecule has 0 radical (unpaired) electrons. The Bertz CT molecular complexity index is 1150. The van der Waals surface area contributed by atoms with Gasteiger partial charge in [-0.1, -0.05) is 48.5 Å². The van der Waals surface area contributed by atoms with Crippen molar-refractivity contribution in [2.45, 2.75) is 13.0 Å². The Morgan fingerprint density at radius 2 is 1.88 bits per heavy atom. The topological polar surface area (TPSA) is 49.0 Å². The van der Waals surface area contributed by atoms with E-state index in [0.717, 1.165) is 34.1 Å². The number of aromatic nitrogens is 2. The third kappa shape index (κ3) is 2.61. The molecule has 0 unspecified atom stereocenters. The van der Waals surface area contributed by atoms with Crippen molar-refractivity contribution in [3.8, 4) is 10.4 Å². The summed E-state index contributed by atoms with van der Waals surface area (Å²) in [6, 6.07) is 20.5. The van der Waals surface area contributed by atoms with Gasteiger partial charge >= 0.3 is 0 Å². The molecule has 128 valence electrons. The summed E-state index contributed by atoms with van der Waals surface area (Å²) in [5, 5.41) is 0.666. The smallest absolute Gasteiger partial charge is 0.259 e. The van der Waals surface area contributed by atoms with Crippen molar-refractivity contribution in [1.29, 1.82) is 0 Å². The van der Waals surface area contributed by atoms with Crippen molar-refractivity contribution >= 4 is 27.2 Å². The largest absolute Gasteiger partial charge is 0.364 e. The average Bonchev–Trinajstić information content (AvgIpc) is 3.28. The second kappa shape index (κ2) is 6.11. The summed E-state index contributed by atoms with van der Waals surface area (Å²) in [4.78, 5) is 24.4. The number of hydrogen-bond acceptors (Lipinski definition) is 4. The molecule has 26 heavy (non-hydrogen) atoms. The lowest BCUT2D eigenvalue weighted by atomic mass is 10.2. The number of H-pyrrole nitrogens is 1. The SMILES string of the molecule is O=c1[nH]c(CN2CCc3ccccc32)nc2sc(-c3ccccc3)cc12. The summed E-state index contributed by atoms with van der Waals surface area (Å²) in [6.07, 6.45) is 1.04. The first-order chi connectivity index (χ1) is 12.8. The molecule has 2 aromatic heterocycles. The molecule has 0 amide bonds. The highest BCUT2D eigenvalue weighted by molar-refractivity contribution is 7.21. The Morgan fingerprint density at radius 1 is 1.08 bits per heavy atom. The highest BCUT2D eigenvalue weighted by atomic mass is 32.1. The molecule has 4 nitrogen and oxygen atoms in total. The molecule has 0 atom stereocenters. The molecule has 0 saturated carbocycles. The van der Waals surface area contributed by atoms with Crippen molar-refractivity contribution in [2.75, 3.05) is 11.4 Å². The summed E-state index contributed by atoms with van der Waals surface area (Å²) in [7, 11) is 0. The van der Waals surface area contributed by atoms with E-state index in [1.54, 1.807) is 11.3 Å². The van der Waals surface area contributed by atoms with Crippen molar-refractivity contribution < 1.29 is 0 Å². The van der Waals surface area contributed by atoms with Gasteiger partial charge in [0.25, 0.3) is 5.56 Å². The maximum absolute atomic E-state index is 12.6. The number of nitrogens with one attached hydrogen (secondary N) is 1. The van der Waals surface area contributed by atoms with Gasteiger partial charge in [-0.2, -0.15) is 0 Å². The number of fused-ring (bicyclic) bond motifs is 2. The summed E-state index contributed by atoms with van der Waals surface area (Å²) in [5.41, 5.74) is 3.66. The number of hydrogen-bond donors (Lipinski definition) is 1. The van der Waals surface area contributed by atoms with Crippen LogP contribution in [-0.4, -0.2) is 16.5 Å². The quantitative estimate of drug-likeness (QED) is 0.596. The molecule has 2 aromatic carbocycles. The second-order valence-electron chi connectivity index (χ2n) is 6.51. The molecule has 5 rings (SSSR count). The molecule has 0 bridgehead atoms. The van der Waals surface area contributed by atoms with E-state index in [2.05, 4.69) is 46.3 Å². The van der Waals surface area contributed by atoms with Gasteiger partial charge in [-0.25, -0.2) is 4.98 Å². The van der Waals surface area contributed by atoms with E-state index in [1.807, 2.05) is 24.3 Å². The molecule has 1 aliphatic heterocycles. The third-order valence-electron chi connectivity index (χ3n) is 4.83. The van der Waals surface area contributed by atoms with Crippen LogP contribution in [0.5, 0.6) is 0 Å². The van der Waals surface area contributed by atoms with Crippen molar-refractivity contribution in [1.82, 2.24) is 9.97 Å². The van der Waals surface area contributed by atoms with Crippen molar-refractivity contribution in [3.05, 3.63) is 82.4 Å². The molecule has 4 aromatic rings. The van der Waals surface area contributed by atoms with Crippen LogP contribution in [0.3, 0.4) is 0 Å². The van der Waals surface area contributed by atoms with Gasteiger partial charge in [0.1, 0.15) is 10.7 Å². The molecule has 0 saturated heterocycles. The Morgan fingerprint density at radius 3 is 2.77 bits per heavy atom. The predicted octanol–water partition coefficient (Wildman–Crippen LogP) is 4.21. The summed E-state index contributed by atoms with van der Waals surface area (Å²) >= 11 is 1.57. The van der Waals surface area contributed by atoms with Crippen molar-refractivity contribution in [2.24, 2.45) is 0 Å². The van der Waals surface area contributed by atoms with Crippen LogP contribution in [-0.2, 0) is 13.0 Å². The highest BCUT2D eigenvalue weighted by Gasteiger charge is 2.20. The number of thiophene rings is 1. The van der Waals surface area contributed by atoms with Crippen LogP contribution in [0.2, 0.25) is 0 Å². The number of nitrogens with zero attached hydrogens (tertiary/aromatic N) is 2. The fourth-order valence-electron chi connectivity index (χ4n) is 3.55. The minimum atomic E-state index is -0.0593. The number of rotatable bonds is 3. The number of benzene rings is 2. The lowest BCUT2D eigenvalue weighted by Crippen LogP contribution is -2.23. The zero-order valence-corrected chi connectivity index (χ0v) is 14.9. The molecule has 3 heterocycles. The molecule has 1 aliphatic rings. The van der Waals surface area contributed by atoms with E-state index in [-0.39, 0.29) is 5.56 Å². The monoisotopic (exact) mass is 359 g/mol. The minimum absolute atomic E-state index is 0.0593. The van der Waals surface area contributed by atoms with Crippen LogP contribution >= 0.6 is 11.3 Å². The maximum atomic E-state index is 12.6. The van der Waals surface area contributed by atoms with Crippen LogP contribution in [0.4, 0.5) is 5.69 Å². The van der Waals surface area contributed by atoms with Crippen LogP contribution in [0.1, 0.15) is 11.4 Å². The third-order valence-corrected chi connectivity index (χ3v) is 5.91. The fourth-order valence-corrected chi connectivity index (χ4v) is 4.60. The second-order valence-corrected chi connectivity index (χ2v) is 7.54. The normalized spacial score (nSPS) is 13.3. The van der Waals surface area contributed by atoms with Crippen molar-refractivity contribution in [3.63, 3.8) is 0 Å². The minimum Gasteiger partial charge on any atom is -0.364 e. The Labute approximate surface area is 154 Å². The van der Waals surface area contributed by atoms with Gasteiger partial charge in [0, 0.05) is 17.1 Å². The first-order valence-electron chi connectivity index (χ1n) is 8.69. The molecule has 1 N–H and O–H groups in total. The predicted molar refractivity (Wildman–Crippen MR) is 107 cm³/mol. The van der Waals surface area contributed by atoms with E-state index in [9.17, 15) is 4.79 Å². The number of aromatic amines is 1. The maximum Gasteiger partial charge on any atom is 0.259 e. The molecular formula is C21H17N3OS. The molecule has 0 fully saturated rings. The van der Waals surface area contributed by atoms with E-state index < -0.39 is 0 Å². The first-order valence-corrected chi connectivity index (χ1v) is 9.50. The Kier molecular flexibility index (Phi) is 3.60. The van der Waals surface area contributed by atoms with Gasteiger partial charge in [0.15, 0.2) is 0 Å². The highest BCUT2D eigenvalue weighted by Crippen LogP contribution is 2.31. The lowest BCUT2D eigenvalue weighted by Gasteiger charge is -2.18. The van der Waals surface area contributed by atoms with Gasteiger partial charge < -0.3 is 9.88 Å². The van der Waals surface area contributed by atoms with Crippen LogP contribution in [0.15, 0.2) is 65.5 Å². The van der Waals surface area contributed by atoms with E-state index in [4.69, 9.17) is 4.98 Å². The first kappa shape index (κ1) is 15.3. The van der Waals surface area contributed by atoms with Crippen LogP contribution in [0.25, 0.3) is 20.7 Å². The molecular weight excluding hydrogens is 342 g/mol. The van der Waals surface area contributed by atoms with Crippen LogP contribution in [0, 0.1) is 0 Å². The fraction of sp³-hybridized carbons (Fsp3) is 0.143. The van der Waals surface area contributed by atoms with E-state index in [0.29, 0.717) is 11.9 Å². The zero-order valence-electron chi connectivity index (χ0n) is 14.1. The Hall–Kier alpha value is -2.92.